The standard InChI is InChI=1S/C14H19BrFNS/c1-2-18-13-6-5-12(8-13)17-9-10-3-4-11(15)7-14(10)16/h3-4,7,12-13,17H,2,5-6,8-9H2,1H3. The van der Waals surface area contributed by atoms with Gasteiger partial charge < -0.3 is 5.32 Å². The number of hydrogen-bond acceptors (Lipinski definition) is 2. The fourth-order valence-electron chi connectivity index (χ4n) is 2.43. The van der Waals surface area contributed by atoms with Crippen molar-refractivity contribution in [3.8, 4) is 0 Å². The van der Waals surface area contributed by atoms with E-state index in [0.29, 0.717) is 12.6 Å². The summed E-state index contributed by atoms with van der Waals surface area (Å²) in [6.45, 7) is 2.84. The molecule has 1 nitrogen and oxygen atoms in total. The molecule has 4 heteroatoms. The summed E-state index contributed by atoms with van der Waals surface area (Å²) in [5, 5.41) is 4.27. The first-order valence-electron chi connectivity index (χ1n) is 6.48. The Balaban J connectivity index is 1.81. The van der Waals surface area contributed by atoms with Gasteiger partial charge in [0.05, 0.1) is 0 Å². The second-order valence-electron chi connectivity index (χ2n) is 4.70. The van der Waals surface area contributed by atoms with Crippen LogP contribution < -0.4 is 5.32 Å². The van der Waals surface area contributed by atoms with Gasteiger partial charge >= 0.3 is 0 Å². The van der Waals surface area contributed by atoms with Gasteiger partial charge in [0.1, 0.15) is 5.82 Å². The van der Waals surface area contributed by atoms with Crippen molar-refractivity contribution in [2.75, 3.05) is 5.75 Å². The number of benzene rings is 1. The molecule has 0 aromatic heterocycles. The van der Waals surface area contributed by atoms with Crippen LogP contribution in [-0.2, 0) is 6.54 Å². The average Bonchev–Trinajstić information content (AvgIpc) is 2.76. The zero-order chi connectivity index (χ0) is 13.0. The van der Waals surface area contributed by atoms with Crippen molar-refractivity contribution in [3.05, 3.63) is 34.1 Å². The van der Waals surface area contributed by atoms with Crippen LogP contribution in [0.25, 0.3) is 0 Å². The van der Waals surface area contributed by atoms with Crippen molar-refractivity contribution in [2.24, 2.45) is 0 Å². The van der Waals surface area contributed by atoms with Gasteiger partial charge in [0, 0.05) is 27.9 Å². The van der Waals surface area contributed by atoms with Crippen LogP contribution in [-0.4, -0.2) is 17.0 Å². The van der Waals surface area contributed by atoms with E-state index in [1.807, 2.05) is 23.9 Å². The van der Waals surface area contributed by atoms with Crippen LogP contribution in [0.2, 0.25) is 0 Å². The van der Waals surface area contributed by atoms with E-state index in [4.69, 9.17) is 0 Å². The molecule has 18 heavy (non-hydrogen) atoms. The van der Waals surface area contributed by atoms with Crippen molar-refractivity contribution in [3.63, 3.8) is 0 Å². The highest BCUT2D eigenvalue weighted by Gasteiger charge is 2.24. The molecule has 1 aromatic carbocycles. The summed E-state index contributed by atoms with van der Waals surface area (Å²) < 4.78 is 14.4. The highest BCUT2D eigenvalue weighted by atomic mass is 79.9. The van der Waals surface area contributed by atoms with Crippen LogP contribution in [0.4, 0.5) is 4.39 Å². The Labute approximate surface area is 121 Å². The molecule has 0 aliphatic heterocycles. The molecule has 1 aromatic rings. The lowest BCUT2D eigenvalue weighted by Crippen LogP contribution is -2.26. The van der Waals surface area contributed by atoms with Gasteiger partial charge in [-0.2, -0.15) is 11.8 Å². The number of thioether (sulfide) groups is 1. The molecule has 1 aliphatic rings. The Kier molecular flexibility index (Phi) is 5.52. The van der Waals surface area contributed by atoms with E-state index in [-0.39, 0.29) is 5.82 Å². The predicted octanol–water partition coefficient (Wildman–Crippen LogP) is 4.35. The highest BCUT2D eigenvalue weighted by molar-refractivity contribution is 9.10. The predicted molar refractivity (Wildman–Crippen MR) is 80.5 cm³/mol. The second kappa shape index (κ2) is 6.92. The Morgan fingerprint density at radius 3 is 3.00 bits per heavy atom. The zero-order valence-electron chi connectivity index (χ0n) is 10.6. The second-order valence-corrected chi connectivity index (χ2v) is 7.20. The van der Waals surface area contributed by atoms with Crippen LogP contribution in [0.3, 0.4) is 0 Å². The third-order valence-corrected chi connectivity index (χ3v) is 5.11. The molecule has 100 valence electrons. The van der Waals surface area contributed by atoms with Crippen molar-refractivity contribution in [1.29, 1.82) is 0 Å². The Morgan fingerprint density at radius 2 is 2.28 bits per heavy atom. The molecule has 0 radical (unpaired) electrons. The Bertz CT molecular complexity index is 399. The maximum Gasteiger partial charge on any atom is 0.128 e. The topological polar surface area (TPSA) is 12.0 Å². The maximum atomic E-state index is 13.6. The lowest BCUT2D eigenvalue weighted by molar-refractivity contribution is 0.509. The summed E-state index contributed by atoms with van der Waals surface area (Å²) in [6.07, 6.45) is 3.73. The minimum absolute atomic E-state index is 0.130. The van der Waals surface area contributed by atoms with Gasteiger partial charge in [-0.05, 0) is 37.1 Å². The van der Waals surface area contributed by atoms with E-state index < -0.39 is 0 Å². The van der Waals surface area contributed by atoms with Crippen LogP contribution in [0.1, 0.15) is 31.7 Å². The van der Waals surface area contributed by atoms with Gasteiger partial charge in [0.2, 0.25) is 0 Å². The van der Waals surface area contributed by atoms with Gasteiger partial charge in [0.25, 0.3) is 0 Å². The van der Waals surface area contributed by atoms with Crippen LogP contribution >= 0.6 is 27.7 Å². The summed E-state index contributed by atoms with van der Waals surface area (Å²) in [7, 11) is 0. The Hall–Kier alpha value is -0.0600. The van der Waals surface area contributed by atoms with Crippen LogP contribution in [0, 0.1) is 5.82 Å². The lowest BCUT2D eigenvalue weighted by Gasteiger charge is -2.13. The largest absolute Gasteiger partial charge is 0.310 e. The van der Waals surface area contributed by atoms with Gasteiger partial charge in [-0.15, -0.1) is 0 Å². The van der Waals surface area contributed by atoms with Gasteiger partial charge in [-0.25, -0.2) is 4.39 Å². The number of halogens is 2. The third-order valence-electron chi connectivity index (χ3n) is 3.38. The summed E-state index contributed by atoms with van der Waals surface area (Å²) in [5.74, 6) is 1.06. The van der Waals surface area contributed by atoms with E-state index in [9.17, 15) is 4.39 Å². The highest BCUT2D eigenvalue weighted by Crippen LogP contribution is 2.29. The molecule has 0 amide bonds. The lowest BCUT2D eigenvalue weighted by atomic mass is 10.2. The summed E-state index contributed by atoms with van der Waals surface area (Å²) in [6, 6.07) is 5.82. The molecule has 0 bridgehead atoms. The normalized spacial score (nSPS) is 23.5. The average molecular weight is 332 g/mol. The maximum absolute atomic E-state index is 13.6. The first kappa shape index (κ1) is 14.4. The minimum Gasteiger partial charge on any atom is -0.310 e. The molecule has 1 aliphatic carbocycles. The molecule has 1 saturated carbocycles. The SMILES string of the molecule is CCSC1CCC(NCc2ccc(Br)cc2F)C1. The molecule has 2 unspecified atom stereocenters. The van der Waals surface area contributed by atoms with E-state index in [1.54, 1.807) is 0 Å². The van der Waals surface area contributed by atoms with Crippen LogP contribution in [0.5, 0.6) is 0 Å². The molecule has 1 fully saturated rings. The first-order chi connectivity index (χ1) is 8.69. The minimum atomic E-state index is -0.130. The van der Waals surface area contributed by atoms with Crippen molar-refractivity contribution >= 4 is 27.7 Å². The van der Waals surface area contributed by atoms with Gasteiger partial charge in [-0.3, -0.25) is 0 Å². The van der Waals surface area contributed by atoms with Crippen molar-refractivity contribution in [2.45, 2.75) is 44.0 Å². The number of nitrogens with one attached hydrogen (secondary N) is 1. The molecule has 1 N–H and O–H groups in total. The first-order valence-corrected chi connectivity index (χ1v) is 8.32. The summed E-state index contributed by atoms with van der Waals surface area (Å²) in [5.41, 5.74) is 0.754. The number of rotatable bonds is 5. The molecule has 0 spiro atoms. The Morgan fingerprint density at radius 1 is 1.44 bits per heavy atom. The third kappa shape index (κ3) is 3.97. The fourth-order valence-corrected chi connectivity index (χ4v) is 3.91. The zero-order valence-corrected chi connectivity index (χ0v) is 13.0. The fraction of sp³-hybridized carbons (Fsp3) is 0.571. The van der Waals surface area contributed by atoms with Crippen molar-refractivity contribution < 1.29 is 4.39 Å². The van der Waals surface area contributed by atoms with Gasteiger partial charge in [-0.1, -0.05) is 28.9 Å². The van der Waals surface area contributed by atoms with Crippen LogP contribution in [0.15, 0.2) is 22.7 Å². The molecular weight excluding hydrogens is 313 g/mol. The smallest absolute Gasteiger partial charge is 0.128 e. The monoisotopic (exact) mass is 331 g/mol. The van der Waals surface area contributed by atoms with E-state index in [2.05, 4.69) is 28.2 Å². The molecule has 2 rings (SSSR count). The number of hydrogen-bond donors (Lipinski definition) is 1. The van der Waals surface area contributed by atoms with E-state index in [1.165, 1.54) is 31.1 Å². The molecular formula is C14H19BrFNS. The molecule has 0 heterocycles. The summed E-state index contributed by atoms with van der Waals surface area (Å²) in [4.78, 5) is 0. The van der Waals surface area contributed by atoms with E-state index in [0.717, 1.165) is 15.3 Å². The summed E-state index contributed by atoms with van der Waals surface area (Å²) >= 11 is 5.32. The quantitative estimate of drug-likeness (QED) is 0.860. The molecule has 0 saturated heterocycles. The van der Waals surface area contributed by atoms with Crippen molar-refractivity contribution in [1.82, 2.24) is 5.32 Å². The van der Waals surface area contributed by atoms with E-state index >= 15 is 0 Å². The molecule has 2 atom stereocenters. The van der Waals surface area contributed by atoms with Gasteiger partial charge in [0.15, 0.2) is 0 Å².